The summed E-state index contributed by atoms with van der Waals surface area (Å²) in [6, 6.07) is -0.964. The molecule has 0 radical (unpaired) electrons. The van der Waals surface area contributed by atoms with E-state index in [1.54, 1.807) is 20.8 Å². The van der Waals surface area contributed by atoms with E-state index in [9.17, 15) is 9.59 Å². The van der Waals surface area contributed by atoms with Gasteiger partial charge in [-0.15, -0.1) is 12.3 Å². The smallest absolute Gasteiger partial charge is 0.408 e. The Morgan fingerprint density at radius 2 is 2.15 bits per heavy atom. The number of aliphatic carboxylic acids is 1. The van der Waals surface area contributed by atoms with E-state index < -0.39 is 23.5 Å². The summed E-state index contributed by atoms with van der Waals surface area (Å²) in [5, 5.41) is 11.5. The van der Waals surface area contributed by atoms with Crippen molar-refractivity contribution < 1.29 is 19.4 Å². The molecular formula is C15H23NO4. The minimum atomic E-state index is -1.06. The predicted molar refractivity (Wildman–Crippen MR) is 75.1 cm³/mol. The molecule has 0 bridgehead atoms. The standard InChI is InChI=1S/C15H23NO4/c1-5-6-7-8-10-9-11(10)20-14(19)16-12(13(17)18)15(2,3)4/h1,10-12H,6-9H2,2-4H3,(H,16,19)(H,17,18)/t10?,11-,12-/m1/s1. The van der Waals surface area contributed by atoms with Crippen LogP contribution in [-0.2, 0) is 9.53 Å². The molecule has 1 aliphatic carbocycles. The molecule has 5 nitrogen and oxygen atoms in total. The van der Waals surface area contributed by atoms with Gasteiger partial charge in [-0.25, -0.2) is 9.59 Å². The Morgan fingerprint density at radius 3 is 2.65 bits per heavy atom. The van der Waals surface area contributed by atoms with E-state index in [1.807, 2.05) is 0 Å². The van der Waals surface area contributed by atoms with Crippen molar-refractivity contribution in [2.45, 2.75) is 58.6 Å². The van der Waals surface area contributed by atoms with Crippen LogP contribution in [0.25, 0.3) is 0 Å². The fourth-order valence-electron chi connectivity index (χ4n) is 2.07. The van der Waals surface area contributed by atoms with Crippen LogP contribution in [0.3, 0.4) is 0 Å². The molecule has 1 saturated carbocycles. The molecule has 5 heteroatoms. The van der Waals surface area contributed by atoms with E-state index in [4.69, 9.17) is 16.3 Å². The zero-order valence-corrected chi connectivity index (χ0v) is 12.3. The van der Waals surface area contributed by atoms with Crippen molar-refractivity contribution in [2.24, 2.45) is 11.3 Å². The van der Waals surface area contributed by atoms with Crippen molar-refractivity contribution in [1.29, 1.82) is 0 Å². The highest BCUT2D eigenvalue weighted by atomic mass is 16.6. The van der Waals surface area contributed by atoms with Crippen LogP contribution in [-0.4, -0.2) is 29.3 Å². The maximum absolute atomic E-state index is 11.7. The summed E-state index contributed by atoms with van der Waals surface area (Å²) in [6.07, 6.45) is 7.88. The maximum Gasteiger partial charge on any atom is 0.408 e. The number of carboxylic acids is 1. The third-order valence-corrected chi connectivity index (χ3v) is 3.39. The number of unbranched alkanes of at least 4 members (excludes halogenated alkanes) is 1. The zero-order valence-electron chi connectivity index (χ0n) is 12.3. The Labute approximate surface area is 120 Å². The molecule has 1 aliphatic rings. The van der Waals surface area contributed by atoms with Crippen LogP contribution < -0.4 is 5.32 Å². The quantitative estimate of drug-likeness (QED) is 0.579. The molecule has 3 atom stereocenters. The Morgan fingerprint density at radius 1 is 1.50 bits per heavy atom. The summed E-state index contributed by atoms with van der Waals surface area (Å²) in [5.41, 5.74) is -0.569. The van der Waals surface area contributed by atoms with Crippen molar-refractivity contribution in [3.8, 4) is 12.3 Å². The summed E-state index contributed by atoms with van der Waals surface area (Å²) in [4.78, 5) is 22.8. The first-order chi connectivity index (χ1) is 9.25. The van der Waals surface area contributed by atoms with Crippen LogP contribution in [0.4, 0.5) is 4.79 Å². The summed E-state index contributed by atoms with van der Waals surface area (Å²) >= 11 is 0. The van der Waals surface area contributed by atoms with Gasteiger partial charge >= 0.3 is 12.1 Å². The van der Waals surface area contributed by atoms with Crippen LogP contribution in [0.2, 0.25) is 0 Å². The molecule has 2 N–H and O–H groups in total. The lowest BCUT2D eigenvalue weighted by atomic mass is 9.87. The van der Waals surface area contributed by atoms with Gasteiger partial charge in [-0.05, 0) is 30.6 Å². The number of nitrogens with one attached hydrogen (secondary N) is 1. The minimum Gasteiger partial charge on any atom is -0.480 e. The highest BCUT2D eigenvalue weighted by Crippen LogP contribution is 2.38. The van der Waals surface area contributed by atoms with Crippen LogP contribution in [0.5, 0.6) is 0 Å². The number of terminal acetylenes is 1. The second-order valence-electron chi connectivity index (χ2n) is 6.32. The average molecular weight is 281 g/mol. The fourth-order valence-corrected chi connectivity index (χ4v) is 2.07. The summed E-state index contributed by atoms with van der Waals surface area (Å²) in [7, 11) is 0. The van der Waals surface area contributed by atoms with E-state index in [0.29, 0.717) is 5.92 Å². The van der Waals surface area contributed by atoms with Gasteiger partial charge < -0.3 is 15.2 Å². The Balaban J connectivity index is 2.34. The number of carboxylic acid groups (broad SMARTS) is 1. The van der Waals surface area contributed by atoms with Gasteiger partial charge in [-0.2, -0.15) is 0 Å². The number of hydrogen-bond donors (Lipinski definition) is 2. The second-order valence-corrected chi connectivity index (χ2v) is 6.32. The van der Waals surface area contributed by atoms with Crippen LogP contribution >= 0.6 is 0 Å². The largest absolute Gasteiger partial charge is 0.480 e. The first kappa shape index (κ1) is 16.4. The molecule has 0 aromatic carbocycles. The van der Waals surface area contributed by atoms with Gasteiger partial charge in [0.1, 0.15) is 12.1 Å². The van der Waals surface area contributed by atoms with E-state index in [-0.39, 0.29) is 6.10 Å². The molecule has 1 amide bonds. The van der Waals surface area contributed by atoms with Crippen molar-refractivity contribution in [3.63, 3.8) is 0 Å². The molecule has 0 saturated heterocycles. The number of carbonyl (C=O) groups is 2. The Hall–Kier alpha value is -1.70. The topological polar surface area (TPSA) is 75.6 Å². The van der Waals surface area contributed by atoms with Gasteiger partial charge in [0.2, 0.25) is 0 Å². The SMILES string of the molecule is C#CCCCC1C[C@H]1OC(=O)N[C@H](C(=O)O)C(C)(C)C. The van der Waals surface area contributed by atoms with Crippen LogP contribution in [0.1, 0.15) is 46.5 Å². The number of amides is 1. The molecule has 1 fully saturated rings. The molecule has 1 unspecified atom stereocenters. The van der Waals surface area contributed by atoms with Gasteiger partial charge in [0.25, 0.3) is 0 Å². The first-order valence-electron chi connectivity index (χ1n) is 6.89. The average Bonchev–Trinajstić information content (AvgIpc) is 3.03. The highest BCUT2D eigenvalue weighted by molar-refractivity contribution is 5.80. The Kier molecular flexibility index (Phi) is 5.43. The van der Waals surface area contributed by atoms with Crippen molar-refractivity contribution >= 4 is 12.1 Å². The molecule has 0 spiro atoms. The number of rotatable bonds is 6. The third-order valence-electron chi connectivity index (χ3n) is 3.39. The first-order valence-corrected chi connectivity index (χ1v) is 6.89. The number of alkyl carbamates (subject to hydrolysis) is 1. The van der Waals surface area contributed by atoms with E-state index in [2.05, 4.69) is 11.2 Å². The molecule has 0 aromatic heterocycles. The molecule has 20 heavy (non-hydrogen) atoms. The van der Waals surface area contributed by atoms with Crippen LogP contribution in [0.15, 0.2) is 0 Å². The number of ether oxygens (including phenoxy) is 1. The lowest BCUT2D eigenvalue weighted by Gasteiger charge is -2.27. The van der Waals surface area contributed by atoms with Gasteiger partial charge in [-0.3, -0.25) is 0 Å². The van der Waals surface area contributed by atoms with Gasteiger partial charge in [-0.1, -0.05) is 20.8 Å². The fraction of sp³-hybridized carbons (Fsp3) is 0.733. The second kappa shape index (κ2) is 6.65. The molecule has 0 heterocycles. The lowest BCUT2D eigenvalue weighted by Crippen LogP contribution is -2.49. The van der Waals surface area contributed by atoms with Crippen molar-refractivity contribution in [2.75, 3.05) is 0 Å². The third kappa shape index (κ3) is 5.12. The van der Waals surface area contributed by atoms with E-state index in [1.165, 1.54) is 0 Å². The number of carbonyl (C=O) groups excluding carboxylic acids is 1. The van der Waals surface area contributed by atoms with Crippen LogP contribution in [0, 0.1) is 23.7 Å². The number of hydrogen-bond acceptors (Lipinski definition) is 3. The van der Waals surface area contributed by atoms with Gasteiger partial charge in [0.15, 0.2) is 0 Å². The van der Waals surface area contributed by atoms with E-state index in [0.717, 1.165) is 25.7 Å². The molecule has 112 valence electrons. The molecule has 0 aromatic rings. The normalized spacial score (nSPS) is 22.5. The predicted octanol–water partition coefficient (Wildman–Crippen LogP) is 2.40. The zero-order chi connectivity index (χ0) is 15.3. The summed E-state index contributed by atoms with van der Waals surface area (Å²) in [5.74, 6) is 1.88. The van der Waals surface area contributed by atoms with E-state index >= 15 is 0 Å². The van der Waals surface area contributed by atoms with Gasteiger partial charge in [0.05, 0.1) is 0 Å². The minimum absolute atomic E-state index is 0.0952. The summed E-state index contributed by atoms with van der Waals surface area (Å²) in [6.45, 7) is 5.27. The van der Waals surface area contributed by atoms with Gasteiger partial charge in [0, 0.05) is 6.42 Å². The monoisotopic (exact) mass is 281 g/mol. The molecule has 0 aliphatic heterocycles. The highest BCUT2D eigenvalue weighted by Gasteiger charge is 2.41. The summed E-state index contributed by atoms with van der Waals surface area (Å²) < 4.78 is 5.22. The lowest BCUT2D eigenvalue weighted by molar-refractivity contribution is -0.142. The van der Waals surface area contributed by atoms with Crippen molar-refractivity contribution in [3.05, 3.63) is 0 Å². The maximum atomic E-state index is 11.7. The molecular weight excluding hydrogens is 258 g/mol. The Bertz CT molecular complexity index is 405. The van der Waals surface area contributed by atoms with Crippen molar-refractivity contribution in [1.82, 2.24) is 5.32 Å². The molecule has 1 rings (SSSR count).